The van der Waals surface area contributed by atoms with E-state index in [4.69, 9.17) is 0 Å². The van der Waals surface area contributed by atoms with Crippen LogP contribution in [-0.2, 0) is 58.2 Å². The maximum atomic E-state index is 4.26. The van der Waals surface area contributed by atoms with Gasteiger partial charge in [0.25, 0.3) is 0 Å². The molecule has 0 aromatic rings. The molecule has 0 aliphatic heterocycles. The Hall–Kier alpha value is 1.89. The zero-order chi connectivity index (χ0) is 2.71. The average Bonchev–Trinajstić information content (AvgIpc) is 0.918. The largest absolute Gasteiger partial charge is 4.00 e. The van der Waals surface area contributed by atoms with Crippen molar-refractivity contribution in [3.8, 4) is 0 Å². The zero-order valence-corrected chi connectivity index (χ0v) is 7.62. The van der Waals surface area contributed by atoms with Crippen LogP contribution in [0.15, 0.2) is 0 Å². The normalized spacial score (nSPS) is 2.57. The predicted octanol–water partition coefficient (Wildman–Crippen LogP) is 1.07. The fourth-order valence-electron chi connectivity index (χ4n) is 0. The van der Waals surface area contributed by atoms with E-state index in [-0.39, 0.29) is 54.4 Å². The van der Waals surface area contributed by atoms with Crippen LogP contribution in [0.5, 0.6) is 0 Å². The molecule has 0 unspecified atom stereocenters. The van der Waals surface area contributed by atoms with Crippen LogP contribution in [-0.4, -0.2) is 0 Å². The summed E-state index contributed by atoms with van der Waals surface area (Å²) in [5, 5.41) is 0. The Morgan fingerprint density at radius 2 is 0.857 bits per heavy atom. The van der Waals surface area contributed by atoms with Crippen molar-refractivity contribution in [1.82, 2.24) is 0 Å². The second kappa shape index (κ2) is 44.9. The van der Waals surface area contributed by atoms with Gasteiger partial charge in [-0.15, -0.1) is 0 Å². The van der Waals surface area contributed by atoms with Crippen LogP contribution in [0.25, 0.3) is 0 Å². The Bertz CT molecular complexity index is 10.9. The van der Waals surface area contributed by atoms with Crippen molar-refractivity contribution in [2.24, 2.45) is 0 Å². The SMILES string of the molecule is ClOCl.[O-2].[O-2].[Ti+4].[Ti+4]. The Balaban J connectivity index is -0.00000000333. The number of rotatable bonds is 0. The maximum absolute atomic E-state index is 4.26. The van der Waals surface area contributed by atoms with Crippen molar-refractivity contribution in [3.63, 3.8) is 0 Å². The molecule has 7 heteroatoms. The fraction of sp³-hybridized carbons (Fsp3) is 0. The molecule has 3 nitrogen and oxygen atoms in total. The maximum Gasteiger partial charge on any atom is 4.00 e. The summed E-state index contributed by atoms with van der Waals surface area (Å²) in [5.74, 6) is 0. The summed E-state index contributed by atoms with van der Waals surface area (Å²) in [6.45, 7) is 0. The Morgan fingerprint density at radius 1 is 0.857 bits per heavy atom. The van der Waals surface area contributed by atoms with Gasteiger partial charge in [-0.25, -0.2) is 0 Å². The molecule has 0 rings (SSSR count). The van der Waals surface area contributed by atoms with Crippen LogP contribution in [0.4, 0.5) is 0 Å². The Morgan fingerprint density at radius 3 is 0.857 bits per heavy atom. The van der Waals surface area contributed by atoms with Gasteiger partial charge in [-0.1, -0.05) is 0 Å². The van der Waals surface area contributed by atoms with Gasteiger partial charge in [0.1, 0.15) is 0 Å². The van der Waals surface area contributed by atoms with Gasteiger partial charge < -0.3 is 11.0 Å². The first kappa shape index (κ1) is 36.6. The van der Waals surface area contributed by atoms with Gasteiger partial charge in [0.05, 0.1) is 23.7 Å². The standard InChI is InChI=1S/Cl2O.2O.2Ti/c1-3-2;;;;/q;2*-2;2*+4. The third-order valence-corrected chi connectivity index (χ3v) is 0. The van der Waals surface area contributed by atoms with E-state index in [0.717, 1.165) is 0 Å². The summed E-state index contributed by atoms with van der Waals surface area (Å²) in [5.41, 5.74) is 0. The van der Waals surface area contributed by atoms with Gasteiger partial charge in [-0.3, -0.25) is 0 Å². The van der Waals surface area contributed by atoms with E-state index in [1.807, 2.05) is 0 Å². The van der Waals surface area contributed by atoms with Crippen LogP contribution in [0, 0.1) is 0 Å². The Labute approximate surface area is 81.4 Å². The first-order valence-corrected chi connectivity index (χ1v) is 0.926. The van der Waals surface area contributed by atoms with E-state index in [9.17, 15) is 0 Å². The monoisotopic (exact) mass is 214 g/mol. The van der Waals surface area contributed by atoms with Crippen LogP contribution < -0.4 is 0 Å². The molecule has 0 fully saturated rings. The van der Waals surface area contributed by atoms with Crippen molar-refractivity contribution < 1.29 is 58.2 Å². The molecular formula is Cl2O3Ti2+4. The first-order valence-electron chi connectivity index (χ1n) is 0.309. The topological polar surface area (TPSA) is 66.2 Å². The van der Waals surface area contributed by atoms with Crippen LogP contribution in [0.1, 0.15) is 0 Å². The molecule has 0 bridgehead atoms. The van der Waals surface area contributed by atoms with Crippen molar-refractivity contribution in [1.29, 1.82) is 0 Å². The van der Waals surface area contributed by atoms with Crippen molar-refractivity contribution >= 4 is 23.7 Å². The fourth-order valence-corrected chi connectivity index (χ4v) is 0. The number of halogens is 2. The minimum Gasteiger partial charge on any atom is -2.00 e. The van der Waals surface area contributed by atoms with Crippen molar-refractivity contribution in [2.75, 3.05) is 0 Å². The number of hydrogen-bond donors (Lipinski definition) is 0. The van der Waals surface area contributed by atoms with Gasteiger partial charge in [0, 0.05) is 0 Å². The van der Waals surface area contributed by atoms with E-state index >= 15 is 0 Å². The quantitative estimate of drug-likeness (QED) is 0.556. The smallest absolute Gasteiger partial charge is 2.00 e. The molecule has 0 N–H and O–H groups in total. The molecule has 0 aliphatic carbocycles. The molecule has 0 amide bonds. The molecule has 0 saturated heterocycles. The van der Waals surface area contributed by atoms with E-state index < -0.39 is 0 Å². The molecular weight excluding hydrogens is 215 g/mol. The summed E-state index contributed by atoms with van der Waals surface area (Å²) in [6, 6.07) is 0. The summed E-state index contributed by atoms with van der Waals surface area (Å²) < 4.78 is 3.19. The molecule has 7 heavy (non-hydrogen) atoms. The van der Waals surface area contributed by atoms with Gasteiger partial charge >= 0.3 is 43.4 Å². The third kappa shape index (κ3) is 76.7. The van der Waals surface area contributed by atoms with Gasteiger partial charge in [0.2, 0.25) is 0 Å². The molecule has 0 atom stereocenters. The van der Waals surface area contributed by atoms with Gasteiger partial charge in [-0.2, -0.15) is 3.84 Å². The van der Waals surface area contributed by atoms with E-state index in [0.29, 0.717) is 0 Å². The summed E-state index contributed by atoms with van der Waals surface area (Å²) in [7, 11) is 0. The van der Waals surface area contributed by atoms with E-state index in [1.54, 1.807) is 0 Å². The van der Waals surface area contributed by atoms with Gasteiger partial charge in [-0.05, 0) is 0 Å². The number of hydrogen-bond acceptors (Lipinski definition) is 1. The third-order valence-electron chi connectivity index (χ3n) is 0. The molecule has 0 saturated carbocycles. The molecule has 0 aromatic carbocycles. The molecule has 0 spiro atoms. The average molecular weight is 215 g/mol. The molecule has 0 heterocycles. The van der Waals surface area contributed by atoms with Crippen molar-refractivity contribution in [3.05, 3.63) is 0 Å². The first-order chi connectivity index (χ1) is 1.41. The minimum absolute atomic E-state index is 0. The van der Waals surface area contributed by atoms with Crippen LogP contribution in [0.2, 0.25) is 0 Å². The summed E-state index contributed by atoms with van der Waals surface area (Å²) >= 11 is 8.53. The molecule has 36 valence electrons. The Kier molecular flexibility index (Phi) is 234. The van der Waals surface area contributed by atoms with E-state index in [2.05, 4.69) is 27.6 Å². The summed E-state index contributed by atoms with van der Waals surface area (Å²) in [4.78, 5) is 0. The molecule has 0 aromatic heterocycles. The van der Waals surface area contributed by atoms with Gasteiger partial charge in [0.15, 0.2) is 0 Å². The molecule has 0 aliphatic rings. The molecule has 0 radical (unpaired) electrons. The zero-order valence-electron chi connectivity index (χ0n) is 2.98. The summed E-state index contributed by atoms with van der Waals surface area (Å²) in [6.07, 6.45) is 0. The van der Waals surface area contributed by atoms with Crippen molar-refractivity contribution in [2.45, 2.75) is 0 Å². The second-order valence-corrected chi connectivity index (χ2v) is 0.525. The van der Waals surface area contributed by atoms with Crippen LogP contribution in [0.3, 0.4) is 0 Å². The van der Waals surface area contributed by atoms with E-state index in [1.165, 1.54) is 0 Å². The predicted molar refractivity (Wildman–Crippen MR) is 14.2 cm³/mol. The van der Waals surface area contributed by atoms with Crippen LogP contribution >= 0.6 is 23.7 Å². The second-order valence-electron chi connectivity index (χ2n) is 0.0583. The minimum atomic E-state index is 0.